The Hall–Kier alpha value is -2.16. The highest BCUT2D eigenvalue weighted by molar-refractivity contribution is 7.14. The SMILES string of the molecule is O=C(O)C(=O)Cc1cccc(-c2nnc(CCOC3CCCCO3)s2)c1. The number of benzene rings is 1. The van der Waals surface area contributed by atoms with Crippen LogP contribution in [-0.4, -0.2) is 46.6 Å². The van der Waals surface area contributed by atoms with Crippen LogP contribution in [0.3, 0.4) is 0 Å². The van der Waals surface area contributed by atoms with Gasteiger partial charge < -0.3 is 14.6 Å². The summed E-state index contributed by atoms with van der Waals surface area (Å²) in [7, 11) is 0. The average molecular weight is 376 g/mol. The molecule has 3 rings (SSSR count). The summed E-state index contributed by atoms with van der Waals surface area (Å²) in [6.07, 6.45) is 3.58. The Morgan fingerprint density at radius 2 is 2.19 bits per heavy atom. The third kappa shape index (κ3) is 5.17. The molecule has 1 aliphatic rings. The quantitative estimate of drug-likeness (QED) is 0.707. The predicted octanol–water partition coefficient (Wildman–Crippen LogP) is 2.49. The number of nitrogens with zero attached hydrogens (tertiary/aromatic N) is 2. The second-order valence-electron chi connectivity index (χ2n) is 6.02. The summed E-state index contributed by atoms with van der Waals surface area (Å²) < 4.78 is 11.2. The van der Waals surface area contributed by atoms with Crippen molar-refractivity contribution in [3.8, 4) is 10.6 Å². The average Bonchev–Trinajstić information content (AvgIpc) is 3.12. The number of carboxylic acids is 1. The van der Waals surface area contributed by atoms with Crippen LogP contribution in [0.1, 0.15) is 29.8 Å². The molecule has 1 fully saturated rings. The van der Waals surface area contributed by atoms with Gasteiger partial charge in [0.2, 0.25) is 5.78 Å². The second-order valence-corrected chi connectivity index (χ2v) is 7.09. The zero-order chi connectivity index (χ0) is 18.4. The first kappa shape index (κ1) is 18.6. The van der Waals surface area contributed by atoms with Crippen molar-refractivity contribution >= 4 is 23.1 Å². The summed E-state index contributed by atoms with van der Waals surface area (Å²) in [5, 5.41) is 18.7. The van der Waals surface area contributed by atoms with Gasteiger partial charge in [-0.2, -0.15) is 0 Å². The van der Waals surface area contributed by atoms with E-state index in [-0.39, 0.29) is 12.7 Å². The van der Waals surface area contributed by atoms with Crippen LogP contribution < -0.4 is 0 Å². The van der Waals surface area contributed by atoms with Gasteiger partial charge in [-0.15, -0.1) is 10.2 Å². The summed E-state index contributed by atoms with van der Waals surface area (Å²) in [6.45, 7) is 1.29. The normalized spacial score (nSPS) is 17.2. The van der Waals surface area contributed by atoms with Crippen molar-refractivity contribution in [2.24, 2.45) is 0 Å². The third-order valence-electron chi connectivity index (χ3n) is 4.00. The van der Waals surface area contributed by atoms with Crippen LogP contribution in [0.2, 0.25) is 0 Å². The number of carbonyl (C=O) groups is 2. The Morgan fingerprint density at radius 3 is 2.96 bits per heavy atom. The zero-order valence-corrected chi connectivity index (χ0v) is 15.0. The van der Waals surface area contributed by atoms with Crippen LogP contribution in [0.5, 0.6) is 0 Å². The first-order chi connectivity index (χ1) is 12.6. The van der Waals surface area contributed by atoms with Gasteiger partial charge in [-0.1, -0.05) is 29.5 Å². The van der Waals surface area contributed by atoms with Crippen LogP contribution in [0.25, 0.3) is 10.6 Å². The van der Waals surface area contributed by atoms with E-state index in [0.717, 1.165) is 41.4 Å². The summed E-state index contributed by atoms with van der Waals surface area (Å²) in [5.74, 6) is -2.25. The molecule has 1 N–H and O–H groups in total. The number of carboxylic acid groups (broad SMARTS) is 1. The molecule has 0 spiro atoms. The van der Waals surface area contributed by atoms with Gasteiger partial charge in [0.05, 0.1) is 6.61 Å². The molecule has 0 radical (unpaired) electrons. The highest BCUT2D eigenvalue weighted by atomic mass is 32.1. The highest BCUT2D eigenvalue weighted by Gasteiger charge is 2.15. The molecule has 1 aliphatic heterocycles. The molecule has 2 aromatic rings. The van der Waals surface area contributed by atoms with E-state index in [1.54, 1.807) is 18.2 Å². The molecular formula is C18H20N2O5S. The van der Waals surface area contributed by atoms with E-state index in [0.29, 0.717) is 18.6 Å². The molecule has 138 valence electrons. The number of ketones is 1. The Bertz CT molecular complexity index is 770. The predicted molar refractivity (Wildman–Crippen MR) is 94.9 cm³/mol. The van der Waals surface area contributed by atoms with E-state index in [2.05, 4.69) is 10.2 Å². The van der Waals surface area contributed by atoms with Crippen molar-refractivity contribution in [3.05, 3.63) is 34.8 Å². The van der Waals surface area contributed by atoms with Crippen LogP contribution in [0.15, 0.2) is 24.3 Å². The molecule has 2 heterocycles. The number of hydrogen-bond donors (Lipinski definition) is 1. The minimum atomic E-state index is -1.42. The van der Waals surface area contributed by atoms with Gasteiger partial charge in [-0.05, 0) is 30.9 Å². The van der Waals surface area contributed by atoms with Crippen molar-refractivity contribution in [3.63, 3.8) is 0 Å². The Morgan fingerprint density at radius 1 is 1.31 bits per heavy atom. The van der Waals surface area contributed by atoms with Crippen molar-refractivity contribution in [1.29, 1.82) is 0 Å². The highest BCUT2D eigenvalue weighted by Crippen LogP contribution is 2.25. The maximum absolute atomic E-state index is 11.4. The van der Waals surface area contributed by atoms with Crippen molar-refractivity contribution in [1.82, 2.24) is 10.2 Å². The number of aromatic nitrogens is 2. The zero-order valence-electron chi connectivity index (χ0n) is 14.2. The van der Waals surface area contributed by atoms with Gasteiger partial charge in [0.15, 0.2) is 6.29 Å². The molecule has 0 saturated carbocycles. The molecule has 0 aliphatic carbocycles. The fourth-order valence-corrected chi connectivity index (χ4v) is 3.48. The molecule has 7 nitrogen and oxygen atoms in total. The Balaban J connectivity index is 1.56. The van der Waals surface area contributed by atoms with Gasteiger partial charge in [0.1, 0.15) is 10.0 Å². The molecular weight excluding hydrogens is 356 g/mol. The molecule has 0 amide bonds. The molecule has 1 unspecified atom stereocenters. The molecule has 26 heavy (non-hydrogen) atoms. The lowest BCUT2D eigenvalue weighted by Crippen LogP contribution is -2.23. The topological polar surface area (TPSA) is 98.6 Å². The van der Waals surface area contributed by atoms with E-state index >= 15 is 0 Å². The van der Waals surface area contributed by atoms with Gasteiger partial charge >= 0.3 is 5.97 Å². The van der Waals surface area contributed by atoms with Crippen LogP contribution in [0.4, 0.5) is 0 Å². The number of aliphatic carboxylic acids is 1. The summed E-state index contributed by atoms with van der Waals surface area (Å²) in [4.78, 5) is 22.0. The fourth-order valence-electron chi connectivity index (χ4n) is 2.67. The number of rotatable bonds is 8. The monoisotopic (exact) mass is 376 g/mol. The van der Waals surface area contributed by atoms with Crippen molar-refractivity contribution in [2.75, 3.05) is 13.2 Å². The van der Waals surface area contributed by atoms with Crippen LogP contribution >= 0.6 is 11.3 Å². The lowest BCUT2D eigenvalue weighted by molar-refractivity contribution is -0.161. The molecule has 1 atom stereocenters. The first-order valence-electron chi connectivity index (χ1n) is 8.53. The Kier molecular flexibility index (Phi) is 6.43. The minimum absolute atomic E-state index is 0.111. The smallest absolute Gasteiger partial charge is 0.372 e. The molecule has 0 bridgehead atoms. The minimum Gasteiger partial charge on any atom is -0.475 e. The maximum atomic E-state index is 11.4. The van der Waals surface area contributed by atoms with Gasteiger partial charge in [-0.3, -0.25) is 4.79 Å². The number of hydrogen-bond acceptors (Lipinski definition) is 7. The van der Waals surface area contributed by atoms with Gasteiger partial charge in [0.25, 0.3) is 0 Å². The van der Waals surface area contributed by atoms with Crippen molar-refractivity contribution < 1.29 is 24.2 Å². The molecule has 1 aromatic heterocycles. The van der Waals surface area contributed by atoms with Gasteiger partial charge in [-0.25, -0.2) is 4.79 Å². The van der Waals surface area contributed by atoms with E-state index in [1.807, 2.05) is 6.07 Å². The fraction of sp³-hybridized carbons (Fsp3) is 0.444. The largest absolute Gasteiger partial charge is 0.475 e. The van der Waals surface area contributed by atoms with E-state index in [4.69, 9.17) is 14.6 Å². The summed E-state index contributed by atoms with van der Waals surface area (Å²) in [6, 6.07) is 7.15. The Labute approximate surface area is 155 Å². The number of Topliss-reactive ketones (excluding diaryl/α,β-unsaturated/α-hetero) is 1. The molecule has 1 saturated heterocycles. The summed E-state index contributed by atoms with van der Waals surface area (Å²) >= 11 is 1.46. The standard InChI is InChI=1S/C18H20N2O5S/c21-14(18(22)23)11-12-4-3-5-13(10-12)17-20-19-15(26-17)7-9-25-16-6-1-2-8-24-16/h3-5,10,16H,1-2,6-9,11H2,(H,22,23). The maximum Gasteiger partial charge on any atom is 0.372 e. The molecule has 8 heteroatoms. The van der Waals surface area contributed by atoms with Gasteiger partial charge in [0, 0.05) is 25.0 Å². The second kappa shape index (κ2) is 8.98. The van der Waals surface area contributed by atoms with E-state index in [9.17, 15) is 9.59 Å². The lowest BCUT2D eigenvalue weighted by Gasteiger charge is -2.22. The van der Waals surface area contributed by atoms with Crippen molar-refractivity contribution in [2.45, 2.75) is 38.4 Å². The first-order valence-corrected chi connectivity index (χ1v) is 9.34. The third-order valence-corrected chi connectivity index (χ3v) is 5.03. The van der Waals surface area contributed by atoms with E-state index < -0.39 is 11.8 Å². The number of ether oxygens (including phenoxy) is 2. The van der Waals surface area contributed by atoms with Crippen LogP contribution in [0, 0.1) is 0 Å². The number of carbonyl (C=O) groups excluding carboxylic acids is 1. The molecule has 1 aromatic carbocycles. The van der Waals surface area contributed by atoms with Crippen LogP contribution in [-0.2, 0) is 31.9 Å². The van der Waals surface area contributed by atoms with E-state index in [1.165, 1.54) is 11.3 Å². The summed E-state index contributed by atoms with van der Waals surface area (Å²) in [5.41, 5.74) is 1.46. The lowest BCUT2D eigenvalue weighted by atomic mass is 10.1.